The second kappa shape index (κ2) is 5.99. The molecule has 0 aliphatic heterocycles. The van der Waals surface area contributed by atoms with Crippen molar-refractivity contribution in [3.8, 4) is 0 Å². The fourth-order valence-corrected chi connectivity index (χ4v) is 2.35. The highest BCUT2D eigenvalue weighted by atomic mass is 15.3. The molecule has 1 heterocycles. The second-order valence-corrected chi connectivity index (χ2v) is 5.39. The van der Waals surface area contributed by atoms with Crippen LogP contribution in [0.1, 0.15) is 36.6 Å². The smallest absolute Gasteiger partial charge is 0.0740 e. The summed E-state index contributed by atoms with van der Waals surface area (Å²) in [5.41, 5.74) is 6.47. The molecule has 0 amide bonds. The van der Waals surface area contributed by atoms with Crippen molar-refractivity contribution in [2.75, 3.05) is 0 Å². The van der Waals surface area contributed by atoms with E-state index in [1.54, 1.807) is 4.68 Å². The molecule has 0 bridgehead atoms. The highest BCUT2D eigenvalue weighted by Crippen LogP contribution is 2.22. The van der Waals surface area contributed by atoms with Gasteiger partial charge in [0.05, 0.1) is 12.2 Å². The first kappa shape index (κ1) is 13.8. The van der Waals surface area contributed by atoms with E-state index in [1.807, 2.05) is 19.4 Å². The topological polar surface area (TPSA) is 55.9 Å². The van der Waals surface area contributed by atoms with E-state index >= 15 is 0 Å². The summed E-state index contributed by atoms with van der Waals surface area (Å²) >= 11 is 0. The lowest BCUT2D eigenvalue weighted by Crippen LogP contribution is -2.28. The maximum atomic E-state index is 5.71. The van der Waals surface area contributed by atoms with Crippen LogP contribution in [0.2, 0.25) is 0 Å². The summed E-state index contributed by atoms with van der Waals surface area (Å²) in [6.45, 7) is 4.46. The molecule has 1 atom stereocenters. The van der Waals surface area contributed by atoms with Crippen molar-refractivity contribution in [3.05, 3.63) is 53.3 Å². The van der Waals surface area contributed by atoms with Crippen molar-refractivity contribution in [2.45, 2.75) is 26.3 Å². The SMILES string of the molecule is CC(C)Cc1cccc(C(NN)c2cnn(C)c2)c1. The van der Waals surface area contributed by atoms with Gasteiger partial charge in [0.1, 0.15) is 0 Å². The summed E-state index contributed by atoms with van der Waals surface area (Å²) in [5, 5.41) is 4.20. The zero-order valence-corrected chi connectivity index (χ0v) is 11.8. The summed E-state index contributed by atoms with van der Waals surface area (Å²) in [7, 11) is 1.91. The van der Waals surface area contributed by atoms with Gasteiger partial charge in [0.15, 0.2) is 0 Å². The zero-order chi connectivity index (χ0) is 13.8. The summed E-state index contributed by atoms with van der Waals surface area (Å²) in [6.07, 6.45) is 4.91. The van der Waals surface area contributed by atoms with Gasteiger partial charge in [-0.25, -0.2) is 5.43 Å². The largest absolute Gasteiger partial charge is 0.275 e. The number of benzene rings is 1. The van der Waals surface area contributed by atoms with Crippen molar-refractivity contribution in [3.63, 3.8) is 0 Å². The predicted molar refractivity (Wildman–Crippen MR) is 77.4 cm³/mol. The van der Waals surface area contributed by atoms with E-state index in [-0.39, 0.29) is 6.04 Å². The van der Waals surface area contributed by atoms with Gasteiger partial charge in [0.25, 0.3) is 0 Å². The molecule has 4 heteroatoms. The molecule has 0 spiro atoms. The number of nitrogens with one attached hydrogen (secondary N) is 1. The van der Waals surface area contributed by atoms with E-state index in [9.17, 15) is 0 Å². The molecule has 1 unspecified atom stereocenters. The van der Waals surface area contributed by atoms with E-state index < -0.39 is 0 Å². The minimum absolute atomic E-state index is 0.0131. The number of rotatable bonds is 5. The minimum Gasteiger partial charge on any atom is -0.275 e. The maximum absolute atomic E-state index is 5.71. The average molecular weight is 258 g/mol. The van der Waals surface area contributed by atoms with Crippen molar-refractivity contribution in [2.24, 2.45) is 18.8 Å². The van der Waals surface area contributed by atoms with Crippen LogP contribution in [0.4, 0.5) is 0 Å². The summed E-state index contributed by atoms with van der Waals surface area (Å²) < 4.78 is 1.79. The molecule has 0 aliphatic carbocycles. The lowest BCUT2D eigenvalue weighted by molar-refractivity contribution is 0.627. The van der Waals surface area contributed by atoms with Crippen LogP contribution in [0.15, 0.2) is 36.7 Å². The molecule has 2 rings (SSSR count). The lowest BCUT2D eigenvalue weighted by atomic mass is 9.96. The molecule has 102 valence electrons. The van der Waals surface area contributed by atoms with Gasteiger partial charge in [-0.2, -0.15) is 5.10 Å². The van der Waals surface area contributed by atoms with Crippen LogP contribution in [-0.4, -0.2) is 9.78 Å². The molecule has 0 saturated carbocycles. The van der Waals surface area contributed by atoms with Gasteiger partial charge < -0.3 is 0 Å². The van der Waals surface area contributed by atoms with Crippen LogP contribution in [0, 0.1) is 5.92 Å². The van der Waals surface area contributed by atoms with E-state index in [2.05, 4.69) is 48.6 Å². The van der Waals surface area contributed by atoms with Gasteiger partial charge >= 0.3 is 0 Å². The summed E-state index contributed by atoms with van der Waals surface area (Å²) in [4.78, 5) is 0. The number of aromatic nitrogens is 2. The van der Waals surface area contributed by atoms with Crippen molar-refractivity contribution >= 4 is 0 Å². The molecular formula is C15H22N4. The predicted octanol–water partition coefficient (Wildman–Crippen LogP) is 2.17. The van der Waals surface area contributed by atoms with Crippen LogP contribution in [0.5, 0.6) is 0 Å². The van der Waals surface area contributed by atoms with Crippen molar-refractivity contribution in [1.82, 2.24) is 15.2 Å². The van der Waals surface area contributed by atoms with Gasteiger partial charge in [-0.1, -0.05) is 38.1 Å². The molecule has 3 N–H and O–H groups in total. The molecule has 1 aromatic heterocycles. The minimum atomic E-state index is -0.0131. The molecule has 0 saturated heterocycles. The van der Waals surface area contributed by atoms with E-state index in [0.717, 1.165) is 12.0 Å². The van der Waals surface area contributed by atoms with Crippen LogP contribution < -0.4 is 11.3 Å². The Kier molecular flexibility index (Phi) is 4.35. The third kappa shape index (κ3) is 3.43. The highest BCUT2D eigenvalue weighted by Gasteiger charge is 2.14. The van der Waals surface area contributed by atoms with Crippen LogP contribution in [-0.2, 0) is 13.5 Å². The Labute approximate surface area is 114 Å². The zero-order valence-electron chi connectivity index (χ0n) is 11.8. The molecule has 0 fully saturated rings. The van der Waals surface area contributed by atoms with Crippen LogP contribution in [0.3, 0.4) is 0 Å². The Bertz CT molecular complexity index is 530. The summed E-state index contributed by atoms with van der Waals surface area (Å²) in [6, 6.07) is 8.56. The van der Waals surface area contributed by atoms with Crippen LogP contribution >= 0.6 is 0 Å². The third-order valence-corrected chi connectivity index (χ3v) is 3.15. The van der Waals surface area contributed by atoms with E-state index in [4.69, 9.17) is 5.84 Å². The van der Waals surface area contributed by atoms with Crippen LogP contribution in [0.25, 0.3) is 0 Å². The highest BCUT2D eigenvalue weighted by molar-refractivity contribution is 5.32. The van der Waals surface area contributed by atoms with E-state index in [1.165, 1.54) is 11.1 Å². The Morgan fingerprint density at radius 2 is 2.11 bits per heavy atom. The number of nitrogens with zero attached hydrogens (tertiary/aromatic N) is 2. The number of hydrogen-bond acceptors (Lipinski definition) is 3. The quantitative estimate of drug-likeness (QED) is 0.638. The normalized spacial score (nSPS) is 12.9. The number of hydrogen-bond donors (Lipinski definition) is 2. The van der Waals surface area contributed by atoms with E-state index in [0.29, 0.717) is 5.92 Å². The molecule has 4 nitrogen and oxygen atoms in total. The first-order chi connectivity index (χ1) is 9.10. The van der Waals surface area contributed by atoms with Crippen molar-refractivity contribution in [1.29, 1.82) is 0 Å². The first-order valence-corrected chi connectivity index (χ1v) is 6.63. The molecule has 2 aromatic rings. The van der Waals surface area contributed by atoms with Gasteiger partial charge in [-0.15, -0.1) is 0 Å². The molecule has 1 aromatic carbocycles. The number of nitrogens with two attached hydrogens (primary N) is 1. The molecular weight excluding hydrogens is 236 g/mol. The monoisotopic (exact) mass is 258 g/mol. The average Bonchev–Trinajstić information content (AvgIpc) is 2.76. The third-order valence-electron chi connectivity index (χ3n) is 3.15. The molecule has 0 radical (unpaired) electrons. The lowest BCUT2D eigenvalue weighted by Gasteiger charge is -2.16. The van der Waals surface area contributed by atoms with Gasteiger partial charge in [-0.05, 0) is 23.5 Å². The Morgan fingerprint density at radius 3 is 2.68 bits per heavy atom. The fraction of sp³-hybridized carbons (Fsp3) is 0.400. The molecule has 19 heavy (non-hydrogen) atoms. The fourth-order valence-electron chi connectivity index (χ4n) is 2.35. The molecule has 0 aliphatic rings. The van der Waals surface area contributed by atoms with Crippen molar-refractivity contribution < 1.29 is 0 Å². The van der Waals surface area contributed by atoms with Gasteiger partial charge in [0, 0.05) is 18.8 Å². The maximum Gasteiger partial charge on any atom is 0.0740 e. The first-order valence-electron chi connectivity index (χ1n) is 6.63. The number of aryl methyl sites for hydroxylation is 1. The Hall–Kier alpha value is -1.65. The number of hydrazine groups is 1. The summed E-state index contributed by atoms with van der Waals surface area (Å²) in [5.74, 6) is 6.36. The Balaban J connectivity index is 2.28. The van der Waals surface area contributed by atoms with Gasteiger partial charge in [-0.3, -0.25) is 10.5 Å². The standard InChI is InChI=1S/C15H22N4/c1-11(2)7-12-5-4-6-13(8-12)15(18-16)14-9-17-19(3)10-14/h4-6,8-11,15,18H,7,16H2,1-3H3. The van der Waals surface area contributed by atoms with Gasteiger partial charge in [0.2, 0.25) is 0 Å². The Morgan fingerprint density at radius 1 is 1.32 bits per heavy atom. The second-order valence-electron chi connectivity index (χ2n) is 5.39.